The molecule has 0 spiro atoms. The van der Waals surface area contributed by atoms with Gasteiger partial charge in [0.2, 0.25) is 20.0 Å². The van der Waals surface area contributed by atoms with Crippen LogP contribution in [0.5, 0.6) is 5.75 Å². The number of anilines is 1. The SMILES string of the molecule is O=S(=O)(NCCS(=O)(=O)N1CCc2ccccc21)c1ccc(OC(F)(F)F)cc1. The molecule has 29 heavy (non-hydrogen) atoms. The van der Waals surface area contributed by atoms with Gasteiger partial charge < -0.3 is 4.74 Å². The van der Waals surface area contributed by atoms with Crippen molar-refractivity contribution in [3.63, 3.8) is 0 Å². The third-order valence-electron chi connectivity index (χ3n) is 4.20. The van der Waals surface area contributed by atoms with Gasteiger partial charge in [-0.05, 0) is 42.3 Å². The van der Waals surface area contributed by atoms with Gasteiger partial charge in [0.15, 0.2) is 0 Å². The van der Waals surface area contributed by atoms with Crippen LogP contribution in [0.2, 0.25) is 0 Å². The number of fused-ring (bicyclic) bond motifs is 1. The second kappa shape index (κ2) is 7.84. The van der Waals surface area contributed by atoms with Crippen LogP contribution in [0, 0.1) is 0 Å². The van der Waals surface area contributed by atoms with Gasteiger partial charge in [-0.2, -0.15) is 0 Å². The summed E-state index contributed by atoms with van der Waals surface area (Å²) in [7, 11) is -7.84. The number of ether oxygens (including phenoxy) is 1. The Morgan fingerprint density at radius 3 is 2.31 bits per heavy atom. The van der Waals surface area contributed by atoms with Crippen LogP contribution >= 0.6 is 0 Å². The predicted octanol–water partition coefficient (Wildman–Crippen LogP) is 2.26. The van der Waals surface area contributed by atoms with Gasteiger partial charge in [0.25, 0.3) is 0 Å². The van der Waals surface area contributed by atoms with Gasteiger partial charge in [-0.3, -0.25) is 4.31 Å². The first-order valence-corrected chi connectivity index (χ1v) is 11.5. The molecule has 0 aromatic heterocycles. The topological polar surface area (TPSA) is 92.8 Å². The van der Waals surface area contributed by atoms with Crippen LogP contribution < -0.4 is 13.8 Å². The zero-order valence-electron chi connectivity index (χ0n) is 14.9. The molecule has 1 aliphatic heterocycles. The van der Waals surface area contributed by atoms with Gasteiger partial charge in [-0.15, -0.1) is 13.2 Å². The molecule has 1 N–H and O–H groups in total. The Morgan fingerprint density at radius 1 is 1.00 bits per heavy atom. The van der Waals surface area contributed by atoms with Gasteiger partial charge in [0, 0.05) is 13.1 Å². The average Bonchev–Trinajstić information content (AvgIpc) is 3.05. The minimum atomic E-state index is -4.89. The maximum absolute atomic E-state index is 12.6. The van der Waals surface area contributed by atoms with E-state index in [-0.39, 0.29) is 18.0 Å². The van der Waals surface area contributed by atoms with E-state index in [1.165, 1.54) is 4.31 Å². The monoisotopic (exact) mass is 450 g/mol. The van der Waals surface area contributed by atoms with E-state index < -0.39 is 37.9 Å². The molecule has 2 aromatic rings. The van der Waals surface area contributed by atoms with E-state index in [9.17, 15) is 30.0 Å². The van der Waals surface area contributed by atoms with Gasteiger partial charge in [0.05, 0.1) is 16.3 Å². The van der Waals surface area contributed by atoms with Crippen molar-refractivity contribution in [3.8, 4) is 5.75 Å². The fraction of sp³-hybridized carbons (Fsp3) is 0.294. The Balaban J connectivity index is 1.62. The summed E-state index contributed by atoms with van der Waals surface area (Å²) in [5, 5.41) is 0. The first-order valence-electron chi connectivity index (χ1n) is 8.42. The van der Waals surface area contributed by atoms with Gasteiger partial charge in [-0.1, -0.05) is 18.2 Å². The first-order chi connectivity index (χ1) is 13.5. The van der Waals surface area contributed by atoms with Crippen LogP contribution in [-0.4, -0.2) is 42.0 Å². The van der Waals surface area contributed by atoms with Crippen LogP contribution in [-0.2, 0) is 26.5 Å². The Bertz CT molecular complexity index is 1080. The molecule has 0 unspecified atom stereocenters. The summed E-state index contributed by atoms with van der Waals surface area (Å²) in [6.45, 7) is -0.0980. The van der Waals surface area contributed by atoms with Crippen molar-refractivity contribution < 1.29 is 34.7 Å². The molecule has 12 heteroatoms. The standard InChI is InChI=1S/C17H17F3N2O5S2/c18-17(19,20)27-14-5-7-15(8-6-14)29(25,26)21-10-12-28(23,24)22-11-9-13-3-1-2-4-16(13)22/h1-8,21H,9-12H2. The van der Waals surface area contributed by atoms with Crippen molar-refractivity contribution in [3.05, 3.63) is 54.1 Å². The number of hydrogen-bond acceptors (Lipinski definition) is 5. The molecule has 2 aromatic carbocycles. The summed E-state index contributed by atoms with van der Waals surface area (Å²) < 4.78 is 93.2. The molecule has 3 rings (SSSR count). The van der Waals surface area contributed by atoms with Crippen molar-refractivity contribution in [1.29, 1.82) is 0 Å². The highest BCUT2D eigenvalue weighted by Crippen LogP contribution is 2.30. The molecule has 0 bridgehead atoms. The minimum Gasteiger partial charge on any atom is -0.406 e. The third kappa shape index (κ3) is 5.19. The normalized spacial score (nSPS) is 14.7. The largest absolute Gasteiger partial charge is 0.573 e. The van der Waals surface area contributed by atoms with Crippen molar-refractivity contribution in [1.82, 2.24) is 4.72 Å². The Kier molecular flexibility index (Phi) is 5.79. The maximum atomic E-state index is 12.6. The Labute approximate surface area is 166 Å². The number of sulfonamides is 2. The lowest BCUT2D eigenvalue weighted by atomic mass is 10.2. The summed E-state index contributed by atoms with van der Waals surface area (Å²) in [6.07, 6.45) is -4.31. The van der Waals surface area contributed by atoms with Crippen LogP contribution in [0.3, 0.4) is 0 Å². The van der Waals surface area contributed by atoms with Crippen LogP contribution in [0.4, 0.5) is 18.9 Å². The second-order valence-electron chi connectivity index (χ2n) is 6.18. The summed E-state index contributed by atoms with van der Waals surface area (Å²) in [5.74, 6) is -1.03. The Hall–Kier alpha value is -2.31. The number of rotatable bonds is 7. The molecular weight excluding hydrogens is 433 g/mol. The number of hydrogen-bond donors (Lipinski definition) is 1. The first kappa shape index (κ1) is 21.4. The van der Waals surface area contributed by atoms with E-state index in [4.69, 9.17) is 0 Å². The molecule has 0 saturated heterocycles. The summed E-state index contributed by atoms with van der Waals surface area (Å²) in [4.78, 5) is -0.309. The molecular formula is C17H17F3N2O5S2. The average molecular weight is 450 g/mol. The second-order valence-corrected chi connectivity index (χ2v) is 9.96. The third-order valence-corrected chi connectivity index (χ3v) is 7.45. The van der Waals surface area contributed by atoms with E-state index in [2.05, 4.69) is 9.46 Å². The molecule has 0 saturated carbocycles. The van der Waals surface area contributed by atoms with Crippen LogP contribution in [0.15, 0.2) is 53.4 Å². The lowest BCUT2D eigenvalue weighted by Crippen LogP contribution is -2.36. The molecule has 0 radical (unpaired) electrons. The summed E-state index contributed by atoms with van der Waals surface area (Å²) >= 11 is 0. The minimum absolute atomic E-state index is 0.287. The van der Waals surface area contributed by atoms with E-state index in [0.717, 1.165) is 29.8 Å². The highest BCUT2D eigenvalue weighted by Gasteiger charge is 2.31. The quantitative estimate of drug-likeness (QED) is 0.699. The maximum Gasteiger partial charge on any atom is 0.573 e. The van der Waals surface area contributed by atoms with Gasteiger partial charge in [0.1, 0.15) is 5.75 Å². The molecule has 0 atom stereocenters. The molecule has 158 valence electrons. The number of halogens is 3. The molecule has 7 nitrogen and oxygen atoms in total. The molecule has 1 aliphatic rings. The smallest absolute Gasteiger partial charge is 0.406 e. The van der Waals surface area contributed by atoms with Crippen LogP contribution in [0.1, 0.15) is 5.56 Å². The lowest BCUT2D eigenvalue weighted by Gasteiger charge is -2.19. The zero-order chi connectivity index (χ0) is 21.3. The molecule has 1 heterocycles. The van der Waals surface area contributed by atoms with Gasteiger partial charge in [-0.25, -0.2) is 21.6 Å². The van der Waals surface area contributed by atoms with E-state index in [1.54, 1.807) is 12.1 Å². The highest BCUT2D eigenvalue weighted by molar-refractivity contribution is 7.93. The van der Waals surface area contributed by atoms with Crippen LogP contribution in [0.25, 0.3) is 0 Å². The summed E-state index contributed by atoms with van der Waals surface area (Å²) in [6, 6.07) is 10.7. The van der Waals surface area contributed by atoms with E-state index in [1.807, 2.05) is 12.1 Å². The van der Waals surface area contributed by atoms with E-state index in [0.29, 0.717) is 12.1 Å². The van der Waals surface area contributed by atoms with Crippen molar-refractivity contribution in [2.24, 2.45) is 0 Å². The summed E-state index contributed by atoms with van der Waals surface area (Å²) in [5.41, 5.74) is 1.48. The fourth-order valence-corrected chi connectivity index (χ4v) is 5.50. The zero-order valence-corrected chi connectivity index (χ0v) is 16.5. The van der Waals surface area contributed by atoms with Crippen molar-refractivity contribution >= 4 is 25.7 Å². The number of benzene rings is 2. The Morgan fingerprint density at radius 2 is 1.66 bits per heavy atom. The lowest BCUT2D eigenvalue weighted by molar-refractivity contribution is -0.274. The molecule has 0 amide bonds. The fourth-order valence-electron chi connectivity index (χ4n) is 2.92. The number of para-hydroxylation sites is 1. The molecule has 0 fully saturated rings. The highest BCUT2D eigenvalue weighted by atomic mass is 32.2. The predicted molar refractivity (Wildman–Crippen MR) is 99.6 cm³/mol. The number of alkyl halides is 3. The van der Waals surface area contributed by atoms with Crippen molar-refractivity contribution in [2.75, 3.05) is 23.1 Å². The molecule has 0 aliphatic carbocycles. The number of nitrogens with zero attached hydrogens (tertiary/aromatic N) is 1. The van der Waals surface area contributed by atoms with Gasteiger partial charge >= 0.3 is 6.36 Å². The number of nitrogens with one attached hydrogen (secondary N) is 1. The van der Waals surface area contributed by atoms with Crippen molar-refractivity contribution in [2.45, 2.75) is 17.7 Å². The van der Waals surface area contributed by atoms with E-state index >= 15 is 0 Å².